The summed E-state index contributed by atoms with van der Waals surface area (Å²) in [6, 6.07) is 1.17. The molecule has 3 aromatic heterocycles. The van der Waals surface area contributed by atoms with E-state index in [4.69, 9.17) is 0 Å². The minimum atomic E-state index is -4.67. The molecule has 226 valence electrons. The molecule has 15 heteroatoms. The van der Waals surface area contributed by atoms with Crippen LogP contribution in [0.5, 0.6) is 0 Å². The molecule has 5 rings (SSSR count). The van der Waals surface area contributed by atoms with Gasteiger partial charge in [-0.3, -0.25) is 19.1 Å². The molecule has 3 aromatic rings. The summed E-state index contributed by atoms with van der Waals surface area (Å²) in [6.45, 7) is 3.91. The predicted molar refractivity (Wildman–Crippen MR) is 141 cm³/mol. The lowest BCUT2D eigenvalue weighted by atomic mass is 9.72. The molecule has 42 heavy (non-hydrogen) atoms. The molecule has 2 amide bonds. The van der Waals surface area contributed by atoms with E-state index < -0.39 is 54.8 Å². The minimum absolute atomic E-state index is 0.0192. The summed E-state index contributed by atoms with van der Waals surface area (Å²) >= 11 is 0. The van der Waals surface area contributed by atoms with Crippen LogP contribution in [0.25, 0.3) is 5.78 Å². The molecule has 12 nitrogen and oxygen atoms in total. The second kappa shape index (κ2) is 11.3. The predicted octanol–water partition coefficient (Wildman–Crippen LogP) is 2.95. The Bertz CT molecular complexity index is 1480. The number of nitrogens with zero attached hydrogens (tertiary/aromatic N) is 6. The van der Waals surface area contributed by atoms with Gasteiger partial charge >= 0.3 is 12.1 Å². The van der Waals surface area contributed by atoms with Crippen LogP contribution in [-0.2, 0) is 22.6 Å². The number of halogens is 3. The zero-order chi connectivity index (χ0) is 30.2. The number of aryl methyl sites for hydroxylation is 1. The lowest BCUT2D eigenvalue weighted by Gasteiger charge is -2.37. The van der Waals surface area contributed by atoms with Crippen molar-refractivity contribution < 1.29 is 32.7 Å². The standard InChI is InChI=1S/C27H33F3N8O4/c1-3-37-20(8-9-33-37)22(39)35-21(16-6-4-15(2)5-7-16)19-14-38-25(34-19)32-13-18(36-38)11-26(24(41)42)10-17(27(28,29)30)12-31-23(26)40/h8-9,13-17,21H,3-7,10-12H2,1-2H3,(H,31,40)(H,35,39)(H,41,42)/t15?,16?,17-,21+,26?/m1/s1. The molecule has 2 fully saturated rings. The fraction of sp³-hybridized carbons (Fsp3) is 0.593. The number of imidazole rings is 1. The third-order valence-corrected chi connectivity index (χ3v) is 8.53. The summed E-state index contributed by atoms with van der Waals surface area (Å²) in [6.07, 6.45) is 1.93. The molecule has 0 spiro atoms. The highest BCUT2D eigenvalue weighted by molar-refractivity contribution is 6.02. The normalized spacial score (nSPS) is 25.6. The number of alkyl halides is 3. The first-order valence-corrected chi connectivity index (χ1v) is 14.0. The first-order valence-electron chi connectivity index (χ1n) is 14.0. The van der Waals surface area contributed by atoms with Crippen molar-refractivity contribution >= 4 is 23.6 Å². The second-order valence-electron chi connectivity index (χ2n) is 11.4. The minimum Gasteiger partial charge on any atom is -0.480 e. The van der Waals surface area contributed by atoms with Crippen LogP contribution in [0.4, 0.5) is 13.2 Å². The van der Waals surface area contributed by atoms with Gasteiger partial charge in [-0.2, -0.15) is 23.4 Å². The van der Waals surface area contributed by atoms with Gasteiger partial charge in [0.1, 0.15) is 5.69 Å². The number of carboxylic acids is 1. The van der Waals surface area contributed by atoms with E-state index in [2.05, 4.69) is 37.7 Å². The summed E-state index contributed by atoms with van der Waals surface area (Å²) in [5.41, 5.74) is -1.42. The van der Waals surface area contributed by atoms with Crippen molar-refractivity contribution in [2.75, 3.05) is 6.54 Å². The number of amides is 2. The van der Waals surface area contributed by atoms with E-state index in [-0.39, 0.29) is 23.3 Å². The van der Waals surface area contributed by atoms with E-state index in [1.807, 2.05) is 6.92 Å². The first kappa shape index (κ1) is 29.5. The molecular formula is C27H33F3N8O4. The van der Waals surface area contributed by atoms with Crippen molar-refractivity contribution in [2.45, 2.75) is 71.1 Å². The van der Waals surface area contributed by atoms with E-state index in [9.17, 15) is 32.7 Å². The van der Waals surface area contributed by atoms with Crippen LogP contribution in [0.1, 0.15) is 73.9 Å². The number of piperidine rings is 1. The molecule has 4 heterocycles. The van der Waals surface area contributed by atoms with Crippen LogP contribution in [0.2, 0.25) is 0 Å². The number of hydrogen-bond donors (Lipinski definition) is 3. The van der Waals surface area contributed by atoms with E-state index in [1.165, 1.54) is 10.7 Å². The third-order valence-electron chi connectivity index (χ3n) is 8.53. The average molecular weight is 591 g/mol. The number of carbonyl (C=O) groups is 3. The Morgan fingerprint density at radius 3 is 2.67 bits per heavy atom. The van der Waals surface area contributed by atoms with Gasteiger partial charge in [-0.05, 0) is 44.1 Å². The molecule has 3 atom stereocenters. The van der Waals surface area contributed by atoms with E-state index in [0.717, 1.165) is 25.7 Å². The number of nitrogens with one attached hydrogen (secondary N) is 2. The van der Waals surface area contributed by atoms with Crippen molar-refractivity contribution in [1.29, 1.82) is 0 Å². The largest absolute Gasteiger partial charge is 0.480 e. The van der Waals surface area contributed by atoms with Crippen LogP contribution >= 0.6 is 0 Å². The van der Waals surface area contributed by atoms with Gasteiger partial charge in [-0.1, -0.05) is 19.8 Å². The Labute approximate surface area is 239 Å². The molecular weight excluding hydrogens is 557 g/mol. The van der Waals surface area contributed by atoms with Crippen molar-refractivity contribution in [3.8, 4) is 0 Å². The van der Waals surface area contributed by atoms with Gasteiger partial charge in [0, 0.05) is 25.7 Å². The SMILES string of the molecule is CCn1nccc1C(=O)N[C@H](c1cn2nc(CC3(C(=O)O)C[C@@H](C(F)(F)F)CNC3=O)cnc2n1)C1CCC(C)CC1. The topological polar surface area (TPSA) is 156 Å². The van der Waals surface area contributed by atoms with E-state index in [1.54, 1.807) is 23.1 Å². The van der Waals surface area contributed by atoms with Crippen LogP contribution in [-0.4, -0.2) is 65.0 Å². The smallest absolute Gasteiger partial charge is 0.393 e. The number of aromatic nitrogens is 6. The molecule has 3 N–H and O–H groups in total. The molecule has 0 bridgehead atoms. The van der Waals surface area contributed by atoms with Crippen LogP contribution in [0, 0.1) is 23.2 Å². The molecule has 1 unspecified atom stereocenters. The Balaban J connectivity index is 1.45. The number of rotatable bonds is 8. The van der Waals surface area contributed by atoms with Gasteiger partial charge in [-0.25, -0.2) is 14.5 Å². The Hall–Kier alpha value is -4.04. The zero-order valence-electron chi connectivity index (χ0n) is 23.3. The maximum absolute atomic E-state index is 13.5. The van der Waals surface area contributed by atoms with Gasteiger partial charge < -0.3 is 15.7 Å². The molecule has 1 saturated carbocycles. The Morgan fingerprint density at radius 1 is 1.26 bits per heavy atom. The number of carboxylic acid groups (broad SMARTS) is 1. The fourth-order valence-corrected chi connectivity index (χ4v) is 6.04. The molecule has 0 aromatic carbocycles. The van der Waals surface area contributed by atoms with Crippen molar-refractivity contribution in [1.82, 2.24) is 40.0 Å². The highest BCUT2D eigenvalue weighted by Gasteiger charge is 2.56. The molecule has 1 saturated heterocycles. The van der Waals surface area contributed by atoms with E-state index >= 15 is 0 Å². The average Bonchev–Trinajstić information content (AvgIpc) is 3.59. The lowest BCUT2D eigenvalue weighted by Crippen LogP contribution is -2.57. The first-order chi connectivity index (χ1) is 19.9. The maximum Gasteiger partial charge on any atom is 0.393 e. The molecule has 2 aliphatic rings. The lowest BCUT2D eigenvalue weighted by molar-refractivity contribution is -0.194. The molecule has 0 radical (unpaired) electrons. The van der Waals surface area contributed by atoms with Gasteiger partial charge in [0.25, 0.3) is 11.7 Å². The Kier molecular flexibility index (Phi) is 7.94. The van der Waals surface area contributed by atoms with Crippen molar-refractivity contribution in [2.24, 2.45) is 23.2 Å². The number of hydrogen-bond acceptors (Lipinski definition) is 7. The highest BCUT2D eigenvalue weighted by atomic mass is 19.4. The second-order valence-corrected chi connectivity index (χ2v) is 11.4. The molecule has 1 aliphatic heterocycles. The summed E-state index contributed by atoms with van der Waals surface area (Å²) in [4.78, 5) is 47.0. The maximum atomic E-state index is 13.5. The van der Waals surface area contributed by atoms with Gasteiger partial charge in [0.05, 0.1) is 35.7 Å². The molecule has 1 aliphatic carbocycles. The van der Waals surface area contributed by atoms with Crippen molar-refractivity contribution in [3.05, 3.63) is 41.7 Å². The zero-order valence-corrected chi connectivity index (χ0v) is 23.3. The number of carbonyl (C=O) groups excluding carboxylic acids is 2. The summed E-state index contributed by atoms with van der Waals surface area (Å²) < 4.78 is 43.3. The summed E-state index contributed by atoms with van der Waals surface area (Å²) in [7, 11) is 0. The third kappa shape index (κ3) is 5.68. The van der Waals surface area contributed by atoms with Crippen LogP contribution in [0.3, 0.4) is 0 Å². The summed E-state index contributed by atoms with van der Waals surface area (Å²) in [5, 5.41) is 23.7. The van der Waals surface area contributed by atoms with Crippen molar-refractivity contribution in [3.63, 3.8) is 0 Å². The van der Waals surface area contributed by atoms with Gasteiger partial charge in [-0.15, -0.1) is 0 Å². The van der Waals surface area contributed by atoms with Crippen LogP contribution in [0.15, 0.2) is 24.7 Å². The monoisotopic (exact) mass is 590 g/mol. The quantitative estimate of drug-likeness (QED) is 0.338. The summed E-state index contributed by atoms with van der Waals surface area (Å²) in [5.74, 6) is -4.14. The number of aliphatic carboxylic acids is 1. The highest BCUT2D eigenvalue weighted by Crippen LogP contribution is 2.41. The number of fused-ring (bicyclic) bond motifs is 1. The van der Waals surface area contributed by atoms with Gasteiger partial charge in [0.2, 0.25) is 5.91 Å². The van der Waals surface area contributed by atoms with E-state index in [0.29, 0.717) is 23.9 Å². The Morgan fingerprint density at radius 2 is 2.00 bits per heavy atom. The van der Waals surface area contributed by atoms with Gasteiger partial charge in [0.15, 0.2) is 5.41 Å². The van der Waals surface area contributed by atoms with Crippen LogP contribution < -0.4 is 10.6 Å². The fourth-order valence-electron chi connectivity index (χ4n) is 6.04.